The summed E-state index contributed by atoms with van der Waals surface area (Å²) in [6.45, 7) is 6.91. The molecule has 1 aliphatic rings. The van der Waals surface area contributed by atoms with Gasteiger partial charge in [0.15, 0.2) is 12.4 Å². The molecular formula is C30H30N4O2. The maximum Gasteiger partial charge on any atom is 0.260 e. The average Bonchev–Trinajstić information content (AvgIpc) is 2.94. The van der Waals surface area contributed by atoms with E-state index in [0.29, 0.717) is 26.2 Å². The van der Waals surface area contributed by atoms with Gasteiger partial charge in [-0.05, 0) is 54.8 Å². The number of rotatable bonds is 6. The van der Waals surface area contributed by atoms with E-state index < -0.39 is 0 Å². The van der Waals surface area contributed by atoms with E-state index in [1.165, 1.54) is 11.1 Å². The van der Waals surface area contributed by atoms with Crippen LogP contribution in [0.2, 0.25) is 0 Å². The van der Waals surface area contributed by atoms with Crippen molar-refractivity contribution in [1.82, 2.24) is 15.1 Å². The minimum absolute atomic E-state index is 0.00584. The molecule has 0 unspecified atom stereocenters. The fraction of sp³-hybridized carbons (Fsp3) is 0.233. The number of para-hydroxylation sites is 1. The van der Waals surface area contributed by atoms with E-state index in [4.69, 9.17) is 4.74 Å². The molecule has 6 nitrogen and oxygen atoms in total. The van der Waals surface area contributed by atoms with Gasteiger partial charge in [-0.15, -0.1) is 10.2 Å². The molecule has 36 heavy (non-hydrogen) atoms. The van der Waals surface area contributed by atoms with E-state index in [-0.39, 0.29) is 12.5 Å². The first-order valence-electron chi connectivity index (χ1n) is 12.3. The summed E-state index contributed by atoms with van der Waals surface area (Å²) in [5, 5.41) is 8.92. The number of nitrogens with zero attached hydrogens (tertiary/aromatic N) is 4. The zero-order valence-corrected chi connectivity index (χ0v) is 20.7. The van der Waals surface area contributed by atoms with Crippen LogP contribution in [0.5, 0.6) is 5.75 Å². The molecule has 2 heterocycles. The molecule has 0 bridgehead atoms. The van der Waals surface area contributed by atoms with Crippen molar-refractivity contribution in [3.8, 4) is 28.1 Å². The van der Waals surface area contributed by atoms with Gasteiger partial charge < -0.3 is 14.5 Å². The molecule has 1 saturated heterocycles. The third kappa shape index (κ3) is 5.23. The van der Waals surface area contributed by atoms with Gasteiger partial charge in [-0.2, -0.15) is 0 Å². The van der Waals surface area contributed by atoms with Crippen LogP contribution in [0.3, 0.4) is 0 Å². The SMILES string of the molecule is Cc1ccc(-c2ccc(N3CCN(C(=O)COc4ccccc4-c4ccccc4)CC3)nn2)cc1C. The smallest absolute Gasteiger partial charge is 0.260 e. The Labute approximate surface area is 212 Å². The second-order valence-corrected chi connectivity index (χ2v) is 9.09. The molecule has 0 spiro atoms. The molecule has 0 N–H and O–H groups in total. The summed E-state index contributed by atoms with van der Waals surface area (Å²) in [6.07, 6.45) is 0. The molecule has 5 rings (SSSR count). The van der Waals surface area contributed by atoms with Crippen molar-refractivity contribution in [1.29, 1.82) is 0 Å². The molecule has 1 fully saturated rings. The number of carbonyl (C=O) groups is 1. The lowest BCUT2D eigenvalue weighted by molar-refractivity contribution is -0.133. The van der Waals surface area contributed by atoms with Gasteiger partial charge in [0.2, 0.25) is 0 Å². The molecule has 1 amide bonds. The Hall–Kier alpha value is -4.19. The minimum atomic E-state index is -0.00584. The first kappa shape index (κ1) is 23.5. The van der Waals surface area contributed by atoms with Crippen molar-refractivity contribution in [3.63, 3.8) is 0 Å². The molecule has 6 heteroatoms. The van der Waals surface area contributed by atoms with Gasteiger partial charge in [-0.3, -0.25) is 4.79 Å². The number of ether oxygens (including phenoxy) is 1. The normalized spacial score (nSPS) is 13.5. The highest BCUT2D eigenvalue weighted by atomic mass is 16.5. The highest BCUT2D eigenvalue weighted by Crippen LogP contribution is 2.29. The van der Waals surface area contributed by atoms with Gasteiger partial charge in [0.25, 0.3) is 5.91 Å². The standard InChI is InChI=1S/C30H30N4O2/c1-22-12-13-25(20-23(22)2)27-14-15-29(32-31-27)33-16-18-34(19-17-33)30(35)21-36-28-11-7-6-10-26(28)24-8-4-3-5-9-24/h3-15,20H,16-19,21H2,1-2H3. The van der Waals surface area contributed by atoms with E-state index >= 15 is 0 Å². The molecule has 1 aromatic heterocycles. The van der Waals surface area contributed by atoms with Crippen LogP contribution < -0.4 is 9.64 Å². The van der Waals surface area contributed by atoms with E-state index in [9.17, 15) is 4.79 Å². The molecule has 1 aliphatic heterocycles. The van der Waals surface area contributed by atoms with E-state index in [2.05, 4.69) is 47.1 Å². The third-order valence-corrected chi connectivity index (χ3v) is 6.73. The zero-order valence-electron chi connectivity index (χ0n) is 20.7. The van der Waals surface area contributed by atoms with Gasteiger partial charge >= 0.3 is 0 Å². The summed E-state index contributed by atoms with van der Waals surface area (Å²) in [5.74, 6) is 1.55. The Balaban J connectivity index is 1.16. The van der Waals surface area contributed by atoms with E-state index in [1.54, 1.807) is 0 Å². The number of aromatic nitrogens is 2. The molecule has 0 radical (unpaired) electrons. The fourth-order valence-corrected chi connectivity index (χ4v) is 4.41. The Morgan fingerprint density at radius 3 is 2.25 bits per heavy atom. The highest BCUT2D eigenvalue weighted by molar-refractivity contribution is 5.79. The fourth-order valence-electron chi connectivity index (χ4n) is 4.41. The predicted octanol–water partition coefficient (Wildman–Crippen LogP) is 5.16. The number of benzene rings is 3. The van der Waals surface area contributed by atoms with Crippen LogP contribution >= 0.6 is 0 Å². The molecule has 0 atom stereocenters. The van der Waals surface area contributed by atoms with Crippen LogP contribution in [-0.2, 0) is 4.79 Å². The van der Waals surface area contributed by atoms with Crippen LogP contribution in [0, 0.1) is 13.8 Å². The topological polar surface area (TPSA) is 58.6 Å². The van der Waals surface area contributed by atoms with Crippen LogP contribution in [0.25, 0.3) is 22.4 Å². The lowest BCUT2D eigenvalue weighted by Crippen LogP contribution is -2.50. The van der Waals surface area contributed by atoms with Gasteiger partial charge in [-0.1, -0.05) is 60.7 Å². The van der Waals surface area contributed by atoms with Crippen molar-refractivity contribution in [3.05, 3.63) is 96.1 Å². The minimum Gasteiger partial charge on any atom is -0.483 e. The predicted molar refractivity (Wildman–Crippen MR) is 143 cm³/mol. The van der Waals surface area contributed by atoms with Gasteiger partial charge in [0.1, 0.15) is 5.75 Å². The summed E-state index contributed by atoms with van der Waals surface area (Å²) in [4.78, 5) is 16.9. The number of amides is 1. The summed E-state index contributed by atoms with van der Waals surface area (Å²) in [5.41, 5.74) is 6.50. The lowest BCUT2D eigenvalue weighted by atomic mass is 10.0. The Kier molecular flexibility index (Phi) is 6.94. The second kappa shape index (κ2) is 10.6. The van der Waals surface area contributed by atoms with E-state index in [1.807, 2.05) is 71.6 Å². The van der Waals surface area contributed by atoms with Crippen molar-refractivity contribution < 1.29 is 9.53 Å². The Bertz CT molecular complexity index is 1330. The average molecular weight is 479 g/mol. The Morgan fingerprint density at radius 2 is 1.53 bits per heavy atom. The van der Waals surface area contributed by atoms with Crippen LogP contribution in [0.4, 0.5) is 5.82 Å². The number of piperazine rings is 1. The van der Waals surface area contributed by atoms with Crippen molar-refractivity contribution in [2.75, 3.05) is 37.7 Å². The number of hydrogen-bond acceptors (Lipinski definition) is 5. The number of carbonyl (C=O) groups excluding carboxylic acids is 1. The first-order valence-corrected chi connectivity index (χ1v) is 12.3. The van der Waals surface area contributed by atoms with Crippen molar-refractivity contribution in [2.45, 2.75) is 13.8 Å². The quantitative estimate of drug-likeness (QED) is 0.383. The second-order valence-electron chi connectivity index (χ2n) is 9.09. The van der Waals surface area contributed by atoms with Crippen molar-refractivity contribution >= 4 is 11.7 Å². The maximum atomic E-state index is 12.9. The molecule has 4 aromatic rings. The summed E-state index contributed by atoms with van der Waals surface area (Å²) in [6, 6.07) is 28.3. The molecule has 182 valence electrons. The number of anilines is 1. The van der Waals surface area contributed by atoms with Gasteiger partial charge in [0, 0.05) is 37.3 Å². The first-order chi connectivity index (χ1) is 17.6. The molecule has 0 aliphatic carbocycles. The lowest BCUT2D eigenvalue weighted by Gasteiger charge is -2.35. The van der Waals surface area contributed by atoms with Gasteiger partial charge in [0.05, 0.1) is 5.69 Å². The van der Waals surface area contributed by atoms with Crippen LogP contribution in [0.15, 0.2) is 84.9 Å². The van der Waals surface area contributed by atoms with E-state index in [0.717, 1.165) is 34.0 Å². The highest BCUT2D eigenvalue weighted by Gasteiger charge is 2.23. The molecular weight excluding hydrogens is 448 g/mol. The van der Waals surface area contributed by atoms with Crippen molar-refractivity contribution in [2.24, 2.45) is 0 Å². The third-order valence-electron chi connectivity index (χ3n) is 6.73. The molecule has 0 saturated carbocycles. The summed E-state index contributed by atoms with van der Waals surface area (Å²) >= 11 is 0. The largest absolute Gasteiger partial charge is 0.483 e. The zero-order chi connectivity index (χ0) is 24.9. The van der Waals surface area contributed by atoms with Crippen LogP contribution in [-0.4, -0.2) is 53.8 Å². The monoisotopic (exact) mass is 478 g/mol. The Morgan fingerprint density at radius 1 is 0.778 bits per heavy atom. The maximum absolute atomic E-state index is 12.9. The van der Waals surface area contributed by atoms with Gasteiger partial charge in [-0.25, -0.2) is 0 Å². The summed E-state index contributed by atoms with van der Waals surface area (Å²) in [7, 11) is 0. The molecule has 3 aromatic carbocycles. The number of aryl methyl sites for hydroxylation is 2. The van der Waals surface area contributed by atoms with Crippen LogP contribution in [0.1, 0.15) is 11.1 Å². The number of hydrogen-bond donors (Lipinski definition) is 0. The summed E-state index contributed by atoms with van der Waals surface area (Å²) < 4.78 is 5.96.